The van der Waals surface area contributed by atoms with Gasteiger partial charge in [0.2, 0.25) is 5.28 Å². The van der Waals surface area contributed by atoms with E-state index in [-0.39, 0.29) is 11.9 Å². The van der Waals surface area contributed by atoms with Crippen molar-refractivity contribution in [2.24, 2.45) is 0 Å². The number of hydrogen-bond acceptors (Lipinski definition) is 14. The second-order valence-corrected chi connectivity index (χ2v) is 11.5. The highest BCUT2D eigenvalue weighted by Crippen LogP contribution is 2.37. The van der Waals surface area contributed by atoms with Crippen LogP contribution in [0, 0.1) is 0 Å². The van der Waals surface area contributed by atoms with E-state index in [1.54, 1.807) is 12.4 Å². The van der Waals surface area contributed by atoms with Crippen LogP contribution in [0.2, 0.25) is 5.28 Å². The topological polar surface area (TPSA) is 160 Å². The number of ether oxygens (including phenoxy) is 4. The van der Waals surface area contributed by atoms with Crippen molar-refractivity contribution < 1.29 is 33.3 Å². The van der Waals surface area contributed by atoms with Crippen molar-refractivity contribution in [2.45, 2.75) is 68.3 Å². The Bertz CT molecular complexity index is 1440. The third-order valence-corrected chi connectivity index (χ3v) is 8.19. The van der Waals surface area contributed by atoms with Crippen molar-refractivity contribution in [1.29, 1.82) is 0 Å². The fourth-order valence-corrected chi connectivity index (χ4v) is 6.19. The fourth-order valence-electron chi connectivity index (χ4n) is 4.92. The molecule has 5 rings (SSSR count). The predicted molar refractivity (Wildman–Crippen MR) is 150 cm³/mol. The van der Waals surface area contributed by atoms with E-state index in [0.29, 0.717) is 22.2 Å². The van der Waals surface area contributed by atoms with Gasteiger partial charge in [0, 0.05) is 56.4 Å². The molecule has 0 unspecified atom stereocenters. The summed E-state index contributed by atoms with van der Waals surface area (Å²) in [4.78, 5) is 53.9. The van der Waals surface area contributed by atoms with Crippen LogP contribution in [0.25, 0.3) is 11.2 Å². The molecule has 14 nitrogen and oxygen atoms in total. The molecule has 3 aromatic heterocycles. The number of hydrogen-bond donors (Lipinski definition) is 1. The molecule has 0 amide bonds. The first-order valence-corrected chi connectivity index (χ1v) is 14.6. The first kappa shape index (κ1) is 29.9. The molecule has 0 aliphatic carbocycles. The standard InChI is InChI=1S/C26H30ClN7O7S/c1-14(35)38-12-19-21(39-15(2)36)22(40-16(3)37)25(41-19)34-13-29-20-23(30-26(27)31-24(20)34)32-33-10-6-18(7-11-33)42-17-4-8-28-9-5-17/h4-5,8-9,13,18-19,21-22,25H,6-7,10-12H2,1-3H3,(H,30,31,32)/t19-,21-,22-,25-/m1/s1. The number of pyridine rings is 1. The molecule has 42 heavy (non-hydrogen) atoms. The lowest BCUT2D eigenvalue weighted by molar-refractivity contribution is -0.166. The minimum Gasteiger partial charge on any atom is -0.463 e. The van der Waals surface area contributed by atoms with Crippen LogP contribution in [0.4, 0.5) is 5.82 Å². The number of carbonyl (C=O) groups excluding carboxylic acids is 3. The lowest BCUT2D eigenvalue weighted by Crippen LogP contribution is -2.40. The van der Waals surface area contributed by atoms with Crippen molar-refractivity contribution in [1.82, 2.24) is 29.5 Å². The van der Waals surface area contributed by atoms with Crippen LogP contribution in [-0.2, 0) is 33.3 Å². The van der Waals surface area contributed by atoms with Crippen molar-refractivity contribution in [3.8, 4) is 0 Å². The molecule has 3 aromatic rings. The highest BCUT2D eigenvalue weighted by Gasteiger charge is 2.51. The van der Waals surface area contributed by atoms with E-state index in [9.17, 15) is 14.4 Å². The Hall–Kier alpha value is -3.53. The average molecular weight is 620 g/mol. The largest absolute Gasteiger partial charge is 0.463 e. The molecule has 1 N–H and O–H groups in total. The first-order valence-electron chi connectivity index (χ1n) is 13.3. The van der Waals surface area contributed by atoms with Gasteiger partial charge < -0.3 is 24.4 Å². The molecule has 2 aliphatic rings. The fraction of sp³-hybridized carbons (Fsp3) is 0.500. The molecule has 0 saturated carbocycles. The van der Waals surface area contributed by atoms with E-state index in [4.69, 9.17) is 30.5 Å². The van der Waals surface area contributed by atoms with Crippen LogP contribution < -0.4 is 5.43 Å². The van der Waals surface area contributed by atoms with Crippen LogP contribution in [0.3, 0.4) is 0 Å². The predicted octanol–water partition coefficient (Wildman–Crippen LogP) is 2.78. The summed E-state index contributed by atoms with van der Waals surface area (Å²) in [5.74, 6) is -1.39. The van der Waals surface area contributed by atoms with Gasteiger partial charge in [-0.15, -0.1) is 11.8 Å². The Labute approximate surface area is 250 Å². The summed E-state index contributed by atoms with van der Waals surface area (Å²) in [7, 11) is 0. The number of imidazole rings is 1. The molecule has 16 heteroatoms. The van der Waals surface area contributed by atoms with Gasteiger partial charge in [0.25, 0.3) is 0 Å². The van der Waals surface area contributed by atoms with Gasteiger partial charge in [-0.25, -0.2) is 9.99 Å². The zero-order chi connectivity index (χ0) is 29.8. The molecule has 0 radical (unpaired) electrons. The molecule has 4 atom stereocenters. The number of carbonyl (C=O) groups is 3. The van der Waals surface area contributed by atoms with Gasteiger partial charge in [-0.3, -0.25) is 23.9 Å². The summed E-state index contributed by atoms with van der Waals surface area (Å²) in [6.07, 6.45) is 2.86. The van der Waals surface area contributed by atoms with Gasteiger partial charge in [-0.2, -0.15) is 9.97 Å². The van der Waals surface area contributed by atoms with Crippen LogP contribution >= 0.6 is 23.4 Å². The monoisotopic (exact) mass is 619 g/mol. The number of nitrogens with one attached hydrogen (secondary N) is 1. The zero-order valence-corrected chi connectivity index (χ0v) is 24.7. The number of nitrogens with zero attached hydrogens (tertiary/aromatic N) is 6. The lowest BCUT2D eigenvalue weighted by atomic mass is 10.1. The molecule has 5 heterocycles. The third kappa shape index (κ3) is 7.09. The van der Waals surface area contributed by atoms with E-state index in [1.165, 1.54) is 36.6 Å². The smallest absolute Gasteiger partial charge is 0.303 e. The second-order valence-electron chi connectivity index (χ2n) is 9.78. The molecule has 0 aromatic carbocycles. The maximum absolute atomic E-state index is 12.0. The number of piperidine rings is 1. The first-order chi connectivity index (χ1) is 20.2. The summed E-state index contributed by atoms with van der Waals surface area (Å²) in [6.45, 7) is 5.01. The highest BCUT2D eigenvalue weighted by atomic mass is 35.5. The van der Waals surface area contributed by atoms with E-state index >= 15 is 0 Å². The molecular formula is C26H30ClN7O7S. The number of thioether (sulfide) groups is 1. The van der Waals surface area contributed by atoms with Crippen LogP contribution in [-0.4, -0.2) is 90.7 Å². The van der Waals surface area contributed by atoms with Crippen LogP contribution in [0.1, 0.15) is 39.8 Å². The number of fused-ring (bicyclic) bond motifs is 1. The Balaban J connectivity index is 1.36. The summed E-state index contributed by atoms with van der Waals surface area (Å²) in [5.41, 5.74) is 4.03. The summed E-state index contributed by atoms with van der Waals surface area (Å²) in [5, 5.41) is 2.49. The maximum atomic E-state index is 12.0. The van der Waals surface area contributed by atoms with Crippen molar-refractivity contribution in [3.05, 3.63) is 36.1 Å². The second kappa shape index (κ2) is 13.2. The molecule has 2 fully saturated rings. The van der Waals surface area contributed by atoms with Gasteiger partial charge in [0.15, 0.2) is 35.4 Å². The molecule has 2 saturated heterocycles. The van der Waals surface area contributed by atoms with E-state index in [0.717, 1.165) is 25.9 Å². The zero-order valence-electron chi connectivity index (χ0n) is 23.1. The minimum atomic E-state index is -1.09. The van der Waals surface area contributed by atoms with Gasteiger partial charge in [0.1, 0.15) is 12.7 Å². The molecule has 2 aliphatic heterocycles. The Morgan fingerprint density at radius 3 is 2.40 bits per heavy atom. The Morgan fingerprint density at radius 2 is 1.74 bits per heavy atom. The van der Waals surface area contributed by atoms with E-state index in [2.05, 4.69) is 30.4 Å². The molecule has 224 valence electrons. The van der Waals surface area contributed by atoms with Gasteiger partial charge >= 0.3 is 17.9 Å². The lowest BCUT2D eigenvalue weighted by Gasteiger charge is -2.32. The Kier molecular flexibility index (Phi) is 9.40. The van der Waals surface area contributed by atoms with Crippen molar-refractivity contribution >= 4 is 58.3 Å². The number of halogens is 1. The number of aromatic nitrogens is 5. The molecule has 0 spiro atoms. The summed E-state index contributed by atoms with van der Waals surface area (Å²) >= 11 is 8.18. The normalized spacial score (nSPS) is 23.0. The number of rotatable bonds is 9. The van der Waals surface area contributed by atoms with E-state index in [1.807, 2.05) is 23.9 Å². The Morgan fingerprint density at radius 1 is 1.05 bits per heavy atom. The van der Waals surface area contributed by atoms with Gasteiger partial charge in [-0.1, -0.05) is 0 Å². The third-order valence-electron chi connectivity index (χ3n) is 6.67. The SMILES string of the molecule is CC(=O)OC[C@H]1O[C@@H](n2cnc3c(NN4CCC(Sc5ccncc5)CC4)nc(Cl)nc32)[C@H](OC(C)=O)[C@@H]1OC(C)=O. The van der Waals surface area contributed by atoms with Crippen LogP contribution in [0.5, 0.6) is 0 Å². The quantitative estimate of drug-likeness (QED) is 0.211. The number of esters is 3. The van der Waals surface area contributed by atoms with Gasteiger partial charge in [-0.05, 0) is 36.6 Å². The van der Waals surface area contributed by atoms with Crippen molar-refractivity contribution in [2.75, 3.05) is 25.1 Å². The molecule has 0 bridgehead atoms. The summed E-state index contributed by atoms with van der Waals surface area (Å²) < 4.78 is 23.8. The average Bonchev–Trinajstić information content (AvgIpc) is 3.50. The summed E-state index contributed by atoms with van der Waals surface area (Å²) in [6, 6.07) is 4.02. The molecular weight excluding hydrogens is 590 g/mol. The van der Waals surface area contributed by atoms with E-state index < -0.39 is 42.4 Å². The van der Waals surface area contributed by atoms with Gasteiger partial charge in [0.05, 0.1) is 6.33 Å². The van der Waals surface area contributed by atoms with Crippen molar-refractivity contribution in [3.63, 3.8) is 0 Å². The maximum Gasteiger partial charge on any atom is 0.303 e. The number of hydrazine groups is 1. The minimum absolute atomic E-state index is 0.0371. The highest BCUT2D eigenvalue weighted by molar-refractivity contribution is 8.00. The van der Waals surface area contributed by atoms with Crippen LogP contribution in [0.15, 0.2) is 35.7 Å². The number of anilines is 1.